The number of aromatic amines is 1. The van der Waals surface area contributed by atoms with Crippen molar-refractivity contribution in [2.24, 2.45) is 0 Å². The highest BCUT2D eigenvalue weighted by atomic mass is 16.2. The topological polar surface area (TPSA) is 53.2 Å². The van der Waals surface area contributed by atoms with E-state index in [9.17, 15) is 9.59 Å². The van der Waals surface area contributed by atoms with Crippen LogP contribution in [0.25, 0.3) is 0 Å². The summed E-state index contributed by atoms with van der Waals surface area (Å²) >= 11 is 0. The first-order valence-electron chi connectivity index (χ1n) is 8.58. The number of aryl methyl sites for hydroxylation is 1. The van der Waals surface area contributed by atoms with Gasteiger partial charge in [0.25, 0.3) is 5.91 Å². The average molecular weight is 324 g/mol. The second kappa shape index (κ2) is 6.63. The number of nitrogens with zero attached hydrogens (tertiary/aromatic N) is 1. The maximum Gasteiger partial charge on any atom is 0.271 e. The minimum atomic E-state index is -0.0337. The molecule has 1 N–H and O–H groups in total. The molecule has 4 heteroatoms. The number of benzene rings is 1. The Balaban J connectivity index is 1.92. The van der Waals surface area contributed by atoms with Crippen LogP contribution in [0.15, 0.2) is 30.3 Å². The monoisotopic (exact) mass is 324 g/mol. The van der Waals surface area contributed by atoms with E-state index in [0.717, 1.165) is 35.2 Å². The first-order valence-corrected chi connectivity index (χ1v) is 8.58. The Morgan fingerprint density at radius 1 is 1.21 bits per heavy atom. The summed E-state index contributed by atoms with van der Waals surface area (Å²) in [6.07, 6.45) is 2.28. The number of Topliss-reactive ketones (excluding diaryl/α,β-unsaturated/α-hetero) is 1. The summed E-state index contributed by atoms with van der Waals surface area (Å²) in [6, 6.07) is 10.1. The molecule has 3 rings (SSSR count). The Labute approximate surface area is 142 Å². The van der Waals surface area contributed by atoms with Crippen molar-refractivity contribution in [3.63, 3.8) is 0 Å². The van der Waals surface area contributed by atoms with Gasteiger partial charge in [0.2, 0.25) is 0 Å². The lowest BCUT2D eigenvalue weighted by atomic mass is 9.93. The van der Waals surface area contributed by atoms with E-state index < -0.39 is 0 Å². The molecular weight excluding hydrogens is 300 g/mol. The fourth-order valence-electron chi connectivity index (χ4n) is 3.40. The number of nitrogens with one attached hydrogen (secondary N) is 1. The van der Waals surface area contributed by atoms with Crippen LogP contribution in [0.3, 0.4) is 0 Å². The molecule has 0 saturated heterocycles. The molecule has 1 aromatic heterocycles. The zero-order valence-corrected chi connectivity index (χ0v) is 14.6. The van der Waals surface area contributed by atoms with E-state index in [4.69, 9.17) is 0 Å². The van der Waals surface area contributed by atoms with Crippen molar-refractivity contribution >= 4 is 11.7 Å². The molecule has 1 heterocycles. The van der Waals surface area contributed by atoms with Crippen molar-refractivity contribution in [1.82, 2.24) is 9.88 Å². The largest absolute Gasteiger partial charge is 0.354 e. The quantitative estimate of drug-likeness (QED) is 0.927. The van der Waals surface area contributed by atoms with Crippen LogP contribution in [0.1, 0.15) is 64.4 Å². The molecule has 0 radical (unpaired) electrons. The number of amides is 1. The van der Waals surface area contributed by atoms with Gasteiger partial charge in [-0.2, -0.15) is 0 Å². The third kappa shape index (κ3) is 3.01. The van der Waals surface area contributed by atoms with Crippen molar-refractivity contribution < 1.29 is 9.59 Å². The molecule has 24 heavy (non-hydrogen) atoms. The Bertz CT molecular complexity index is 759. The summed E-state index contributed by atoms with van der Waals surface area (Å²) in [7, 11) is 0. The van der Waals surface area contributed by atoms with Crippen LogP contribution in [-0.2, 0) is 13.0 Å². The Morgan fingerprint density at radius 3 is 2.54 bits per heavy atom. The van der Waals surface area contributed by atoms with Gasteiger partial charge in [-0.1, -0.05) is 30.3 Å². The number of carbonyl (C=O) groups excluding carboxylic acids is 2. The number of H-pyrrole nitrogens is 1. The van der Waals surface area contributed by atoms with Gasteiger partial charge in [-0.25, -0.2) is 0 Å². The first kappa shape index (κ1) is 16.5. The molecule has 126 valence electrons. The van der Waals surface area contributed by atoms with Gasteiger partial charge in [-0.15, -0.1) is 0 Å². The predicted molar refractivity (Wildman–Crippen MR) is 94.2 cm³/mol. The highest BCUT2D eigenvalue weighted by Crippen LogP contribution is 2.27. The van der Waals surface area contributed by atoms with Gasteiger partial charge in [0.1, 0.15) is 5.69 Å². The summed E-state index contributed by atoms with van der Waals surface area (Å²) in [5.41, 5.74) is 4.14. The van der Waals surface area contributed by atoms with E-state index in [-0.39, 0.29) is 17.7 Å². The molecule has 4 nitrogen and oxygen atoms in total. The van der Waals surface area contributed by atoms with E-state index in [0.29, 0.717) is 18.7 Å². The molecule has 2 aromatic rings. The van der Waals surface area contributed by atoms with Crippen molar-refractivity contribution in [3.8, 4) is 0 Å². The van der Waals surface area contributed by atoms with Crippen LogP contribution >= 0.6 is 0 Å². The van der Waals surface area contributed by atoms with Gasteiger partial charge in [-0.3, -0.25) is 9.59 Å². The van der Waals surface area contributed by atoms with Gasteiger partial charge in [0.05, 0.1) is 0 Å². The summed E-state index contributed by atoms with van der Waals surface area (Å²) in [5.74, 6) is 0.122. The lowest BCUT2D eigenvalue weighted by molar-refractivity contribution is 0.0684. The van der Waals surface area contributed by atoms with Crippen molar-refractivity contribution in [2.75, 3.05) is 0 Å². The predicted octanol–water partition coefficient (Wildman–Crippen LogP) is 3.89. The third-order valence-electron chi connectivity index (χ3n) is 4.73. The third-order valence-corrected chi connectivity index (χ3v) is 4.73. The van der Waals surface area contributed by atoms with Crippen LogP contribution in [0, 0.1) is 6.92 Å². The minimum absolute atomic E-state index is 0.0337. The second-order valence-corrected chi connectivity index (χ2v) is 6.77. The Morgan fingerprint density at radius 2 is 1.92 bits per heavy atom. The lowest BCUT2D eigenvalue weighted by Gasteiger charge is -2.27. The van der Waals surface area contributed by atoms with Gasteiger partial charge in [-0.05, 0) is 44.7 Å². The highest BCUT2D eigenvalue weighted by molar-refractivity contribution is 6.04. The van der Waals surface area contributed by atoms with E-state index >= 15 is 0 Å². The van der Waals surface area contributed by atoms with Gasteiger partial charge in [0, 0.05) is 30.3 Å². The average Bonchev–Trinajstić information content (AvgIpc) is 2.91. The van der Waals surface area contributed by atoms with Crippen LogP contribution in [0.2, 0.25) is 0 Å². The smallest absolute Gasteiger partial charge is 0.271 e. The number of ketones is 1. The molecule has 0 spiro atoms. The zero-order valence-electron chi connectivity index (χ0n) is 14.6. The van der Waals surface area contributed by atoms with Crippen molar-refractivity contribution in [1.29, 1.82) is 0 Å². The number of hydrogen-bond acceptors (Lipinski definition) is 2. The minimum Gasteiger partial charge on any atom is -0.354 e. The SMILES string of the molecule is Cc1c(C(=O)N(Cc2ccccc2)C(C)C)[nH]c2c1C(=O)CCC2. The maximum absolute atomic E-state index is 13.1. The van der Waals surface area contributed by atoms with Gasteiger partial charge >= 0.3 is 0 Å². The van der Waals surface area contributed by atoms with Gasteiger partial charge < -0.3 is 9.88 Å². The molecule has 1 aliphatic carbocycles. The maximum atomic E-state index is 13.1. The zero-order chi connectivity index (χ0) is 17.3. The summed E-state index contributed by atoms with van der Waals surface area (Å²) < 4.78 is 0. The van der Waals surface area contributed by atoms with Crippen molar-refractivity contribution in [2.45, 2.75) is 52.6 Å². The lowest BCUT2D eigenvalue weighted by Crippen LogP contribution is -2.37. The summed E-state index contributed by atoms with van der Waals surface area (Å²) in [6.45, 7) is 6.48. The number of rotatable bonds is 4. The fraction of sp³-hybridized carbons (Fsp3) is 0.400. The summed E-state index contributed by atoms with van der Waals surface area (Å²) in [5, 5.41) is 0. The van der Waals surface area contributed by atoms with Crippen LogP contribution in [-0.4, -0.2) is 27.6 Å². The van der Waals surface area contributed by atoms with Crippen LogP contribution < -0.4 is 0 Å². The number of aromatic nitrogens is 1. The molecule has 1 amide bonds. The van der Waals surface area contributed by atoms with Crippen LogP contribution in [0.4, 0.5) is 0 Å². The normalized spacial score (nSPS) is 13.9. The highest BCUT2D eigenvalue weighted by Gasteiger charge is 2.29. The summed E-state index contributed by atoms with van der Waals surface area (Å²) in [4.78, 5) is 30.4. The van der Waals surface area contributed by atoms with E-state index in [1.165, 1.54) is 0 Å². The number of fused-ring (bicyclic) bond motifs is 1. The van der Waals surface area contributed by atoms with E-state index in [2.05, 4.69) is 4.98 Å². The van der Waals surface area contributed by atoms with Crippen LogP contribution in [0.5, 0.6) is 0 Å². The molecule has 0 bridgehead atoms. The standard InChI is InChI=1S/C20H24N2O2/c1-13(2)22(12-15-8-5-4-6-9-15)20(24)19-14(3)18-16(21-19)10-7-11-17(18)23/h4-6,8-9,13,21H,7,10-12H2,1-3H3. The van der Waals surface area contributed by atoms with E-state index in [1.807, 2.05) is 56.0 Å². The molecule has 0 fully saturated rings. The molecule has 0 saturated carbocycles. The molecule has 0 aliphatic heterocycles. The molecule has 1 aromatic carbocycles. The van der Waals surface area contributed by atoms with Crippen molar-refractivity contribution in [3.05, 3.63) is 58.4 Å². The number of carbonyl (C=O) groups is 2. The molecular formula is C20H24N2O2. The molecule has 1 aliphatic rings. The first-order chi connectivity index (χ1) is 11.5. The molecule has 0 atom stereocenters. The second-order valence-electron chi connectivity index (χ2n) is 6.77. The number of hydrogen-bond donors (Lipinski definition) is 1. The Kier molecular flexibility index (Phi) is 4.56. The Hall–Kier alpha value is -2.36. The molecule has 0 unspecified atom stereocenters. The van der Waals surface area contributed by atoms with E-state index in [1.54, 1.807) is 0 Å². The van der Waals surface area contributed by atoms with Gasteiger partial charge in [0.15, 0.2) is 5.78 Å². The fourth-order valence-corrected chi connectivity index (χ4v) is 3.40.